The second-order valence-corrected chi connectivity index (χ2v) is 8.32. The number of fused-ring (bicyclic) bond motifs is 1. The Morgan fingerprint density at radius 3 is 2.26 bits per heavy atom. The molecular formula is C18H17Si. The molecule has 19 heavy (non-hydrogen) atoms. The Kier molecular flexibility index (Phi) is 2.66. The van der Waals surface area contributed by atoms with Crippen LogP contribution in [0.15, 0.2) is 59.8 Å². The lowest BCUT2D eigenvalue weighted by atomic mass is 9.99. The van der Waals surface area contributed by atoms with E-state index >= 15 is 0 Å². The van der Waals surface area contributed by atoms with Crippen molar-refractivity contribution in [2.45, 2.75) is 24.9 Å². The van der Waals surface area contributed by atoms with Crippen molar-refractivity contribution in [2.75, 3.05) is 0 Å². The molecule has 0 N–H and O–H groups in total. The lowest BCUT2D eigenvalue weighted by Crippen LogP contribution is -2.25. The van der Waals surface area contributed by atoms with Gasteiger partial charge in [-0.2, -0.15) is 0 Å². The van der Waals surface area contributed by atoms with Crippen LogP contribution in [0.25, 0.3) is 5.57 Å². The molecular weight excluding hydrogens is 244 g/mol. The molecule has 2 aliphatic rings. The van der Waals surface area contributed by atoms with Crippen molar-refractivity contribution in [3.8, 4) is 0 Å². The van der Waals surface area contributed by atoms with Gasteiger partial charge >= 0.3 is 0 Å². The van der Waals surface area contributed by atoms with Crippen LogP contribution in [0.1, 0.15) is 23.1 Å². The van der Waals surface area contributed by atoms with Crippen LogP contribution in [0, 0.1) is 0 Å². The van der Waals surface area contributed by atoms with Crippen molar-refractivity contribution in [1.82, 2.24) is 0 Å². The van der Waals surface area contributed by atoms with E-state index in [1.807, 2.05) is 0 Å². The number of hydrogen-bond donors (Lipinski definition) is 0. The van der Waals surface area contributed by atoms with Crippen LogP contribution in [0.5, 0.6) is 0 Å². The molecule has 0 atom stereocenters. The van der Waals surface area contributed by atoms with Crippen molar-refractivity contribution >= 4 is 14.4 Å². The molecule has 93 valence electrons. The van der Waals surface area contributed by atoms with E-state index in [1.165, 1.54) is 36.1 Å². The minimum Gasteiger partial charge on any atom is -0.0700 e. The fourth-order valence-electron chi connectivity index (χ4n) is 3.25. The maximum atomic E-state index is 2.31. The minimum atomic E-state index is -0.208. The van der Waals surface area contributed by atoms with Crippen molar-refractivity contribution in [1.29, 1.82) is 0 Å². The second-order valence-electron chi connectivity index (χ2n) is 5.51. The van der Waals surface area contributed by atoms with Gasteiger partial charge in [-0.1, -0.05) is 78.3 Å². The normalized spacial score (nSPS) is 18.3. The van der Waals surface area contributed by atoms with E-state index in [1.54, 1.807) is 16.3 Å². The Bertz CT molecular complexity index is 636. The number of rotatable bonds is 2. The van der Waals surface area contributed by atoms with Crippen LogP contribution in [0.4, 0.5) is 0 Å². The highest BCUT2D eigenvalue weighted by Gasteiger charge is 2.31. The first-order chi connectivity index (χ1) is 9.43. The number of benzene rings is 2. The summed E-state index contributed by atoms with van der Waals surface area (Å²) >= 11 is 0. The SMILES string of the molecule is c1ccc(C2=C([Si]3CCC3)Cc3ccccc32)cc1. The smallest absolute Gasteiger partial charge is 0.0700 e. The zero-order chi connectivity index (χ0) is 12.7. The molecule has 2 aromatic carbocycles. The zero-order valence-electron chi connectivity index (χ0n) is 11.0. The molecule has 1 aliphatic carbocycles. The quantitative estimate of drug-likeness (QED) is 0.699. The lowest BCUT2D eigenvalue weighted by Gasteiger charge is -2.26. The maximum absolute atomic E-state index is 2.31. The van der Waals surface area contributed by atoms with Gasteiger partial charge in [0.1, 0.15) is 0 Å². The summed E-state index contributed by atoms with van der Waals surface area (Å²) in [6.07, 6.45) is 2.67. The van der Waals surface area contributed by atoms with E-state index in [0.717, 1.165) is 0 Å². The van der Waals surface area contributed by atoms with E-state index in [4.69, 9.17) is 0 Å². The van der Waals surface area contributed by atoms with Crippen LogP contribution >= 0.6 is 0 Å². The van der Waals surface area contributed by atoms with Crippen LogP contribution in [0.3, 0.4) is 0 Å². The van der Waals surface area contributed by atoms with Crippen molar-refractivity contribution < 1.29 is 0 Å². The third-order valence-electron chi connectivity index (χ3n) is 4.40. The van der Waals surface area contributed by atoms with Gasteiger partial charge in [0.15, 0.2) is 0 Å². The highest BCUT2D eigenvalue weighted by atomic mass is 28.3. The van der Waals surface area contributed by atoms with E-state index < -0.39 is 0 Å². The Labute approximate surface area is 116 Å². The summed E-state index contributed by atoms with van der Waals surface area (Å²) in [6.45, 7) is 0. The number of allylic oxidation sites excluding steroid dienone is 1. The largest absolute Gasteiger partial charge is 0.0814 e. The average Bonchev–Trinajstić information content (AvgIpc) is 2.76. The van der Waals surface area contributed by atoms with Gasteiger partial charge < -0.3 is 0 Å². The molecule has 0 aromatic heterocycles. The summed E-state index contributed by atoms with van der Waals surface area (Å²) in [6, 6.07) is 23.0. The fourth-order valence-corrected chi connectivity index (χ4v) is 5.64. The Balaban J connectivity index is 1.89. The molecule has 0 nitrogen and oxygen atoms in total. The van der Waals surface area contributed by atoms with Crippen LogP contribution in [-0.2, 0) is 6.42 Å². The summed E-state index contributed by atoms with van der Waals surface area (Å²) in [5.74, 6) is 0. The monoisotopic (exact) mass is 261 g/mol. The molecule has 0 saturated carbocycles. The third kappa shape index (κ3) is 1.80. The molecule has 0 amide bonds. The first kappa shape index (κ1) is 11.2. The van der Waals surface area contributed by atoms with Crippen molar-refractivity contribution in [3.63, 3.8) is 0 Å². The van der Waals surface area contributed by atoms with Crippen LogP contribution in [0.2, 0.25) is 12.1 Å². The molecule has 0 unspecified atom stereocenters. The molecule has 1 saturated heterocycles. The molecule has 1 heteroatoms. The van der Waals surface area contributed by atoms with Gasteiger partial charge in [0.25, 0.3) is 0 Å². The van der Waals surface area contributed by atoms with Gasteiger partial charge in [-0.3, -0.25) is 0 Å². The van der Waals surface area contributed by atoms with Gasteiger partial charge in [0.05, 0.1) is 8.80 Å². The van der Waals surface area contributed by atoms with Crippen molar-refractivity contribution in [3.05, 3.63) is 76.5 Å². The first-order valence-corrected chi connectivity index (χ1v) is 9.07. The topological polar surface area (TPSA) is 0 Å². The lowest BCUT2D eigenvalue weighted by molar-refractivity contribution is 0.936. The highest BCUT2D eigenvalue weighted by molar-refractivity contribution is 6.71. The Morgan fingerprint density at radius 1 is 0.789 bits per heavy atom. The van der Waals surface area contributed by atoms with Crippen molar-refractivity contribution in [2.24, 2.45) is 0 Å². The standard InChI is InChI=1S/C18H17Si/c1-2-7-14(8-3-1)18-16-10-5-4-9-15(16)13-17(18)19-11-6-12-19/h1-5,7-10H,6,11-13H2. The van der Waals surface area contributed by atoms with Gasteiger partial charge in [0.2, 0.25) is 0 Å². The summed E-state index contributed by atoms with van der Waals surface area (Å²) in [7, 11) is -0.208. The highest BCUT2D eigenvalue weighted by Crippen LogP contribution is 2.42. The second kappa shape index (κ2) is 4.50. The molecule has 2 aromatic rings. The average molecular weight is 261 g/mol. The third-order valence-corrected chi connectivity index (χ3v) is 7.60. The molecule has 4 rings (SSSR count). The van der Waals surface area contributed by atoms with Gasteiger partial charge in [-0.05, 0) is 28.7 Å². The predicted molar refractivity (Wildman–Crippen MR) is 82.6 cm³/mol. The minimum absolute atomic E-state index is 0.208. The predicted octanol–water partition coefficient (Wildman–Crippen LogP) is 4.48. The zero-order valence-corrected chi connectivity index (χ0v) is 12.0. The maximum Gasteiger partial charge on any atom is 0.0814 e. The fraction of sp³-hybridized carbons (Fsp3) is 0.222. The van der Waals surface area contributed by atoms with E-state index in [0.29, 0.717) is 0 Å². The molecule has 1 radical (unpaired) electrons. The van der Waals surface area contributed by atoms with E-state index in [2.05, 4.69) is 54.6 Å². The summed E-state index contributed by atoms with van der Waals surface area (Å²) in [5, 5.41) is 1.80. The van der Waals surface area contributed by atoms with Gasteiger partial charge in [-0.15, -0.1) is 0 Å². The molecule has 1 heterocycles. The molecule has 0 spiro atoms. The molecule has 0 bridgehead atoms. The van der Waals surface area contributed by atoms with E-state index in [-0.39, 0.29) is 8.80 Å². The summed E-state index contributed by atoms with van der Waals surface area (Å²) in [5.41, 5.74) is 6.03. The molecule has 1 aliphatic heterocycles. The Hall–Kier alpha value is -1.60. The Morgan fingerprint density at radius 2 is 1.53 bits per heavy atom. The van der Waals surface area contributed by atoms with Gasteiger partial charge in [-0.25, -0.2) is 0 Å². The first-order valence-electron chi connectivity index (χ1n) is 7.15. The van der Waals surface area contributed by atoms with Crippen LogP contribution < -0.4 is 0 Å². The summed E-state index contributed by atoms with van der Waals surface area (Å²) in [4.78, 5) is 0. The van der Waals surface area contributed by atoms with Crippen LogP contribution in [-0.4, -0.2) is 8.80 Å². The van der Waals surface area contributed by atoms with Gasteiger partial charge in [0, 0.05) is 0 Å². The molecule has 1 fully saturated rings. The summed E-state index contributed by atoms with van der Waals surface area (Å²) < 4.78 is 0. The number of hydrogen-bond acceptors (Lipinski definition) is 0. The van der Waals surface area contributed by atoms with E-state index in [9.17, 15) is 0 Å².